The Labute approximate surface area is 166 Å². The highest BCUT2D eigenvalue weighted by molar-refractivity contribution is 6.07. The number of ether oxygens (including phenoxy) is 4. The van der Waals surface area contributed by atoms with E-state index >= 15 is 0 Å². The van der Waals surface area contributed by atoms with Crippen molar-refractivity contribution in [2.24, 2.45) is 0 Å². The van der Waals surface area contributed by atoms with E-state index in [1.807, 2.05) is 13.0 Å². The molecule has 4 rings (SSSR count). The van der Waals surface area contributed by atoms with Crippen molar-refractivity contribution < 1.29 is 28.5 Å². The normalized spacial score (nSPS) is 12.0. The minimum atomic E-state index is -0.702. The first-order valence-corrected chi connectivity index (χ1v) is 8.80. The number of aromatic nitrogens is 2. The number of para-hydroxylation sites is 1. The summed E-state index contributed by atoms with van der Waals surface area (Å²) in [4.78, 5) is 25.3. The van der Waals surface area contributed by atoms with E-state index in [9.17, 15) is 9.59 Å². The van der Waals surface area contributed by atoms with Gasteiger partial charge >= 0.3 is 11.9 Å². The molecule has 0 saturated carbocycles. The minimum Gasteiger partial charge on any atom is -0.465 e. The standard InChI is InChI=1S/C21H18N2O6/c1-12-9-15-16(29-11-28-15)10-14(12)18-17(20(24)26-2)19(21(25)27-3)23(22-18)13-7-5-4-6-8-13/h4-10H,11H2,1-3H3. The van der Waals surface area contributed by atoms with Crippen LogP contribution in [0, 0.1) is 6.92 Å². The second-order valence-electron chi connectivity index (χ2n) is 6.32. The van der Waals surface area contributed by atoms with Crippen LogP contribution in [0.5, 0.6) is 11.5 Å². The van der Waals surface area contributed by atoms with E-state index in [0.717, 1.165) is 5.56 Å². The zero-order chi connectivity index (χ0) is 20.5. The molecule has 0 saturated heterocycles. The first-order chi connectivity index (χ1) is 14.0. The minimum absolute atomic E-state index is 0.0161. The van der Waals surface area contributed by atoms with E-state index in [4.69, 9.17) is 18.9 Å². The Bertz CT molecular complexity index is 1100. The summed E-state index contributed by atoms with van der Waals surface area (Å²) in [7, 11) is 2.50. The van der Waals surface area contributed by atoms with Crippen LogP contribution in [0.15, 0.2) is 42.5 Å². The number of hydrogen-bond donors (Lipinski definition) is 0. The van der Waals surface area contributed by atoms with E-state index in [1.54, 1.807) is 36.4 Å². The Hall–Kier alpha value is -3.81. The van der Waals surface area contributed by atoms with Crippen molar-refractivity contribution in [2.75, 3.05) is 21.0 Å². The molecule has 0 spiro atoms. The van der Waals surface area contributed by atoms with Crippen molar-refractivity contribution >= 4 is 11.9 Å². The lowest BCUT2D eigenvalue weighted by Gasteiger charge is -2.08. The number of nitrogens with zero attached hydrogens (tertiary/aromatic N) is 2. The predicted molar refractivity (Wildman–Crippen MR) is 103 cm³/mol. The zero-order valence-electron chi connectivity index (χ0n) is 16.1. The predicted octanol–water partition coefficient (Wildman–Crippen LogP) is 3.15. The van der Waals surface area contributed by atoms with Gasteiger partial charge in [-0.25, -0.2) is 14.3 Å². The molecule has 0 bridgehead atoms. The number of aryl methyl sites for hydroxylation is 1. The average Bonchev–Trinajstić information content (AvgIpc) is 3.36. The molecule has 0 atom stereocenters. The molecule has 148 valence electrons. The molecule has 8 nitrogen and oxygen atoms in total. The van der Waals surface area contributed by atoms with Gasteiger partial charge in [-0.2, -0.15) is 5.10 Å². The topological polar surface area (TPSA) is 88.9 Å². The van der Waals surface area contributed by atoms with Crippen LogP contribution < -0.4 is 9.47 Å². The lowest BCUT2D eigenvalue weighted by atomic mass is 10.0. The van der Waals surface area contributed by atoms with Gasteiger partial charge < -0.3 is 18.9 Å². The van der Waals surface area contributed by atoms with Crippen LogP contribution in [-0.4, -0.2) is 42.7 Å². The van der Waals surface area contributed by atoms with E-state index in [-0.39, 0.29) is 23.7 Å². The van der Waals surface area contributed by atoms with Gasteiger partial charge in [0.05, 0.1) is 19.9 Å². The first-order valence-electron chi connectivity index (χ1n) is 8.80. The molecule has 0 fully saturated rings. The fraction of sp³-hybridized carbons (Fsp3) is 0.190. The summed E-state index contributed by atoms with van der Waals surface area (Å²) in [5.74, 6) is -0.247. The van der Waals surface area contributed by atoms with Gasteiger partial charge in [0, 0.05) is 5.56 Å². The molecule has 0 amide bonds. The third-order valence-corrected chi connectivity index (χ3v) is 4.63. The lowest BCUT2D eigenvalue weighted by molar-refractivity contribution is 0.0549. The third kappa shape index (κ3) is 3.08. The molecule has 1 aliphatic heterocycles. The zero-order valence-corrected chi connectivity index (χ0v) is 16.1. The first kappa shape index (κ1) is 18.5. The molecule has 8 heteroatoms. The number of rotatable bonds is 4. The van der Waals surface area contributed by atoms with Crippen molar-refractivity contribution in [1.82, 2.24) is 9.78 Å². The third-order valence-electron chi connectivity index (χ3n) is 4.63. The van der Waals surface area contributed by atoms with Gasteiger partial charge in [0.25, 0.3) is 0 Å². The van der Waals surface area contributed by atoms with Crippen LogP contribution in [0.25, 0.3) is 16.9 Å². The van der Waals surface area contributed by atoms with E-state index in [1.165, 1.54) is 18.9 Å². The Morgan fingerprint density at radius 3 is 2.31 bits per heavy atom. The van der Waals surface area contributed by atoms with Crippen molar-refractivity contribution in [3.63, 3.8) is 0 Å². The quantitative estimate of drug-likeness (QED) is 0.628. The fourth-order valence-corrected chi connectivity index (χ4v) is 3.24. The number of carbonyl (C=O) groups excluding carboxylic acids is 2. The Morgan fingerprint density at radius 1 is 1.00 bits per heavy atom. The van der Waals surface area contributed by atoms with Crippen LogP contribution >= 0.6 is 0 Å². The summed E-state index contributed by atoms with van der Waals surface area (Å²) in [5, 5.41) is 4.59. The van der Waals surface area contributed by atoms with Gasteiger partial charge in [0.2, 0.25) is 6.79 Å². The molecule has 2 aromatic carbocycles. The molecule has 0 unspecified atom stereocenters. The number of benzene rings is 2. The second-order valence-corrected chi connectivity index (χ2v) is 6.32. The van der Waals surface area contributed by atoms with Gasteiger partial charge in [-0.05, 0) is 36.8 Å². The monoisotopic (exact) mass is 394 g/mol. The molecule has 1 aromatic heterocycles. The summed E-state index contributed by atoms with van der Waals surface area (Å²) in [6.45, 7) is 1.98. The summed E-state index contributed by atoms with van der Waals surface area (Å²) in [5.41, 5.74) is 2.31. The summed E-state index contributed by atoms with van der Waals surface area (Å²) in [6, 6.07) is 12.5. The number of hydrogen-bond acceptors (Lipinski definition) is 7. The molecule has 1 aliphatic rings. The Balaban J connectivity index is 2.03. The maximum Gasteiger partial charge on any atom is 0.357 e. The molecule has 3 aromatic rings. The van der Waals surface area contributed by atoms with Crippen molar-refractivity contribution in [2.45, 2.75) is 6.92 Å². The largest absolute Gasteiger partial charge is 0.465 e. The summed E-state index contributed by atoms with van der Waals surface area (Å²) >= 11 is 0. The number of esters is 2. The Morgan fingerprint density at radius 2 is 1.66 bits per heavy atom. The van der Waals surface area contributed by atoms with E-state index in [0.29, 0.717) is 22.7 Å². The maximum absolute atomic E-state index is 12.7. The highest BCUT2D eigenvalue weighted by Gasteiger charge is 2.32. The van der Waals surface area contributed by atoms with Crippen LogP contribution in [-0.2, 0) is 9.47 Å². The van der Waals surface area contributed by atoms with Crippen molar-refractivity contribution in [3.8, 4) is 28.4 Å². The lowest BCUT2D eigenvalue weighted by Crippen LogP contribution is -2.15. The van der Waals surface area contributed by atoms with E-state index in [2.05, 4.69) is 5.10 Å². The van der Waals surface area contributed by atoms with Gasteiger partial charge in [0.1, 0.15) is 11.3 Å². The van der Waals surface area contributed by atoms with Gasteiger partial charge in [-0.15, -0.1) is 0 Å². The average molecular weight is 394 g/mol. The molecule has 0 radical (unpaired) electrons. The van der Waals surface area contributed by atoms with Crippen molar-refractivity contribution in [3.05, 3.63) is 59.3 Å². The molecule has 0 aliphatic carbocycles. The number of fused-ring (bicyclic) bond motifs is 1. The molecular weight excluding hydrogens is 376 g/mol. The Kier molecular flexibility index (Phi) is 4.67. The van der Waals surface area contributed by atoms with Crippen molar-refractivity contribution in [1.29, 1.82) is 0 Å². The molecular formula is C21H18N2O6. The van der Waals surface area contributed by atoms with Crippen LogP contribution in [0.4, 0.5) is 0 Å². The van der Waals surface area contributed by atoms with Crippen LogP contribution in [0.2, 0.25) is 0 Å². The van der Waals surface area contributed by atoms with Gasteiger partial charge in [0.15, 0.2) is 17.2 Å². The number of methoxy groups -OCH3 is 2. The van der Waals surface area contributed by atoms with Gasteiger partial charge in [-0.3, -0.25) is 0 Å². The SMILES string of the molecule is COC(=O)c1c(-c2cc3c(cc2C)OCO3)nn(-c2ccccc2)c1C(=O)OC. The second kappa shape index (κ2) is 7.31. The highest BCUT2D eigenvalue weighted by Crippen LogP contribution is 2.40. The molecule has 2 heterocycles. The van der Waals surface area contributed by atoms with Crippen LogP contribution in [0.3, 0.4) is 0 Å². The molecule has 29 heavy (non-hydrogen) atoms. The molecule has 0 N–H and O–H groups in total. The fourth-order valence-electron chi connectivity index (χ4n) is 3.24. The summed E-state index contributed by atoms with van der Waals surface area (Å²) in [6.07, 6.45) is 0. The smallest absolute Gasteiger partial charge is 0.357 e. The maximum atomic E-state index is 12.7. The van der Waals surface area contributed by atoms with E-state index < -0.39 is 11.9 Å². The van der Waals surface area contributed by atoms with Gasteiger partial charge in [-0.1, -0.05) is 18.2 Å². The summed E-state index contributed by atoms with van der Waals surface area (Å²) < 4.78 is 22.2. The highest BCUT2D eigenvalue weighted by atomic mass is 16.7. The number of carbonyl (C=O) groups is 2. The van der Waals surface area contributed by atoms with Crippen LogP contribution in [0.1, 0.15) is 26.4 Å².